The number of benzene rings is 6. The second-order valence-corrected chi connectivity index (χ2v) is 25.0. The minimum Gasteiger partial charge on any atom is -0.743 e. The summed E-state index contributed by atoms with van der Waals surface area (Å²) < 4.78 is 339. The van der Waals surface area contributed by atoms with Crippen LogP contribution in [0.3, 0.4) is 0 Å². The number of carbonyl (C=O) groups is 1. The van der Waals surface area contributed by atoms with Crippen LogP contribution in [0.5, 0.6) is 17.2 Å². The van der Waals surface area contributed by atoms with Gasteiger partial charge in [0.05, 0.1) is 28.4 Å². The summed E-state index contributed by atoms with van der Waals surface area (Å²) in [5.74, 6) is -3.87. The molecule has 0 bridgehead atoms. The van der Waals surface area contributed by atoms with Gasteiger partial charge in [-0.05, 0) is 127 Å². The fraction of sp³-hybridized carbons (Fsp3) is 0.302. The highest BCUT2D eigenvalue weighted by molar-refractivity contribution is 7.97. The maximum Gasteiger partial charge on any atom is 0.430 e. The van der Waals surface area contributed by atoms with E-state index in [1.54, 1.807) is 35.6 Å². The molecule has 36 heteroatoms. The second-order valence-electron chi connectivity index (χ2n) is 18.1. The van der Waals surface area contributed by atoms with Crippen LogP contribution in [0.2, 0.25) is 0 Å². The Bertz CT molecular complexity index is 3510. The van der Waals surface area contributed by atoms with Crippen molar-refractivity contribution < 1.29 is 139 Å². The Morgan fingerprint density at radius 2 is 0.831 bits per heavy atom. The molecule has 6 aromatic rings. The number of nitrogens with one attached hydrogen (secondary N) is 1. The lowest BCUT2D eigenvalue weighted by Crippen LogP contribution is -2.62. The van der Waals surface area contributed by atoms with E-state index in [9.17, 15) is 105 Å². The summed E-state index contributed by atoms with van der Waals surface area (Å²) in [4.78, 5) is 13.9. The topological polar surface area (TPSA) is 208 Å². The summed E-state index contributed by atoms with van der Waals surface area (Å²) in [7, 11) is -14.7. The molecule has 89 heavy (non-hydrogen) atoms. The van der Waals surface area contributed by atoms with Gasteiger partial charge in [-0.15, -0.1) is 0 Å². The summed E-state index contributed by atoms with van der Waals surface area (Å²) in [6.07, 6.45) is -28.2. The first-order valence-corrected chi connectivity index (χ1v) is 29.6. The van der Waals surface area contributed by atoms with E-state index in [-0.39, 0.29) is 31.7 Å². The number of carbonyl (C=O) groups excluding carboxylic acids is 1. The predicted octanol–water partition coefficient (Wildman–Crippen LogP) is 12.1. The number of rotatable bonds is 28. The molecule has 486 valence electrons. The summed E-state index contributed by atoms with van der Waals surface area (Å²) in [5, 5.41) is -9.10. The van der Waals surface area contributed by atoms with Gasteiger partial charge in [0.15, 0.2) is 49.6 Å². The Hall–Kier alpha value is -6.64. The third-order valence-electron chi connectivity index (χ3n) is 12.1. The van der Waals surface area contributed by atoms with E-state index in [2.05, 4.69) is 14.2 Å². The quantitative estimate of drug-likeness (QED) is 0.0159. The minimum absolute atomic E-state index is 0.0795. The number of alkyl halides is 17. The van der Waals surface area contributed by atoms with Gasteiger partial charge in [-0.3, -0.25) is 4.79 Å². The molecule has 0 saturated heterocycles. The largest absolute Gasteiger partial charge is 0.743 e. The molecule has 3 unspecified atom stereocenters. The fourth-order valence-corrected chi connectivity index (χ4v) is 12.2. The number of methoxy groups -OCH3 is 1. The van der Waals surface area contributed by atoms with E-state index >= 15 is 0 Å². The first kappa shape index (κ1) is 71.4. The molecule has 0 aliphatic carbocycles. The lowest BCUT2D eigenvalue weighted by molar-refractivity contribution is -0.398. The SMILES string of the molecule is COCOC(COc1ccc([S+](c2ccc(COCOC(COc3ccc([S+](c4ccccc4)c4ccc(NC(=O)C(F)(F)S(=O)(=O)[O-])cc4)cc3)(C(F)(F)F)C(F)(F)F)cc2)c2ccc(OCC(F)C(F)(F)S(=O)(=O)[O-])cc2)cc1)(C(F)(F)F)C(F)(F)F. The second kappa shape index (κ2) is 27.8. The van der Waals surface area contributed by atoms with Crippen molar-refractivity contribution in [1.29, 1.82) is 0 Å². The number of anilines is 1. The van der Waals surface area contributed by atoms with Crippen LogP contribution in [-0.4, -0.2) is 125 Å². The lowest BCUT2D eigenvalue weighted by atomic mass is 10.0. The molecular weight excluding hydrogens is 1330 g/mol. The summed E-state index contributed by atoms with van der Waals surface area (Å²) in [6.45, 7) is -9.85. The van der Waals surface area contributed by atoms with Gasteiger partial charge in [-0.1, -0.05) is 30.3 Å². The van der Waals surface area contributed by atoms with Gasteiger partial charge in [0, 0.05) is 12.8 Å². The van der Waals surface area contributed by atoms with Crippen LogP contribution < -0.4 is 19.5 Å². The molecule has 0 spiro atoms. The van der Waals surface area contributed by atoms with Gasteiger partial charge in [0.2, 0.25) is 6.17 Å². The first-order chi connectivity index (χ1) is 41.2. The molecule has 0 aliphatic rings. The fourth-order valence-electron chi connectivity index (χ4n) is 7.42. The van der Waals surface area contributed by atoms with Crippen molar-refractivity contribution in [2.75, 3.05) is 45.8 Å². The molecule has 0 radical (unpaired) electrons. The third-order valence-corrected chi connectivity index (χ3v) is 18.3. The maximum atomic E-state index is 14.6. The van der Waals surface area contributed by atoms with Gasteiger partial charge >= 0.3 is 41.1 Å². The molecule has 3 atom stereocenters. The molecule has 6 aromatic carbocycles. The molecule has 0 heterocycles. The number of halogens is 17. The van der Waals surface area contributed by atoms with E-state index < -0.39 is 152 Å². The van der Waals surface area contributed by atoms with Crippen LogP contribution in [0, 0.1) is 0 Å². The standard InChI is InChI=1S/C53H42F17NO14S4/c1-79-31-84-46(50(59,60)61,51(62,63)64)29-82-36-15-25-43(26-16-36)87(42-21-11-35(12-22-42)81-28-44(54)48(55,56)88(73,74)75)39-17-7-33(8-18-39)27-80-32-85-47(52(65,66)67,53(68,69)70)30-83-37-13-23-41(24-14-37)86(38-5-3-2-4-6-38)40-19-9-34(10-20-40)71-45(72)49(57,58)89(76,77)78/h2-26,44H,27-32H2,1H3,(H-2,71,72,73,74,75,76,77,78). The molecular formula is C53H42F17NO14S4. The number of hydrogen-bond acceptors (Lipinski definition) is 14. The van der Waals surface area contributed by atoms with Gasteiger partial charge in [0.25, 0.3) is 11.2 Å². The normalized spacial score (nSPS) is 14.4. The van der Waals surface area contributed by atoms with Crippen LogP contribution >= 0.6 is 0 Å². The molecule has 0 saturated carbocycles. The van der Waals surface area contributed by atoms with Crippen molar-refractivity contribution in [2.45, 2.75) is 88.6 Å². The Labute approximate surface area is 499 Å². The van der Waals surface area contributed by atoms with Gasteiger partial charge in [0.1, 0.15) is 50.7 Å². The van der Waals surface area contributed by atoms with Gasteiger partial charge in [-0.25, -0.2) is 21.2 Å². The van der Waals surface area contributed by atoms with Gasteiger partial charge in [-0.2, -0.15) is 70.2 Å². The van der Waals surface area contributed by atoms with E-state index in [0.29, 0.717) is 14.7 Å². The molecule has 0 aromatic heterocycles. The van der Waals surface area contributed by atoms with Gasteiger partial charge < -0.3 is 47.6 Å². The van der Waals surface area contributed by atoms with E-state index in [4.69, 9.17) is 18.9 Å². The van der Waals surface area contributed by atoms with Crippen molar-refractivity contribution >= 4 is 53.6 Å². The first-order valence-electron chi connectivity index (χ1n) is 24.3. The third kappa shape index (κ3) is 16.7. The predicted molar refractivity (Wildman–Crippen MR) is 276 cm³/mol. The molecule has 0 aliphatic heterocycles. The zero-order chi connectivity index (χ0) is 66.2. The zero-order valence-electron chi connectivity index (χ0n) is 44.5. The average molecular weight is 1370 g/mol. The highest BCUT2D eigenvalue weighted by atomic mass is 32.2. The average Bonchev–Trinajstić information content (AvgIpc) is 1.03. The smallest absolute Gasteiger partial charge is 0.430 e. The van der Waals surface area contributed by atoms with Crippen molar-refractivity contribution in [1.82, 2.24) is 0 Å². The number of ether oxygens (including phenoxy) is 7. The van der Waals surface area contributed by atoms with Crippen LogP contribution in [-0.2, 0) is 72.4 Å². The van der Waals surface area contributed by atoms with Crippen molar-refractivity contribution in [3.8, 4) is 17.2 Å². The number of amides is 1. The molecule has 1 N–H and O–H groups in total. The van der Waals surface area contributed by atoms with Crippen molar-refractivity contribution in [3.63, 3.8) is 0 Å². The van der Waals surface area contributed by atoms with Crippen molar-refractivity contribution in [3.05, 3.63) is 157 Å². The Morgan fingerprint density at radius 1 is 0.483 bits per heavy atom. The lowest BCUT2D eigenvalue weighted by Gasteiger charge is -2.36. The van der Waals surface area contributed by atoms with Crippen LogP contribution in [0.25, 0.3) is 0 Å². The van der Waals surface area contributed by atoms with E-state index in [0.717, 1.165) is 55.6 Å². The van der Waals surface area contributed by atoms with E-state index in [1.807, 2.05) is 0 Å². The van der Waals surface area contributed by atoms with Crippen LogP contribution in [0.4, 0.5) is 80.3 Å². The Balaban J connectivity index is 1.19. The maximum absolute atomic E-state index is 14.6. The minimum atomic E-state index is -6.46. The molecule has 6 rings (SSSR count). The highest BCUT2D eigenvalue weighted by Gasteiger charge is 2.74. The van der Waals surface area contributed by atoms with Crippen molar-refractivity contribution in [2.24, 2.45) is 0 Å². The monoisotopic (exact) mass is 1370 g/mol. The Kier molecular flexibility index (Phi) is 22.4. The summed E-state index contributed by atoms with van der Waals surface area (Å²) in [5.41, 5.74) is -10.2. The molecule has 15 nitrogen and oxygen atoms in total. The summed E-state index contributed by atoms with van der Waals surface area (Å²) in [6, 6.07) is 31.8. The van der Waals surface area contributed by atoms with Crippen LogP contribution in [0.1, 0.15) is 5.56 Å². The molecule has 1 amide bonds. The molecule has 0 fully saturated rings. The van der Waals surface area contributed by atoms with Crippen LogP contribution in [0.15, 0.2) is 181 Å². The van der Waals surface area contributed by atoms with E-state index in [1.165, 1.54) is 72.8 Å². The highest BCUT2D eigenvalue weighted by Crippen LogP contribution is 2.48. The zero-order valence-corrected chi connectivity index (χ0v) is 47.8. The number of hydrogen-bond donors (Lipinski definition) is 1. The summed E-state index contributed by atoms with van der Waals surface area (Å²) >= 11 is 0. The Morgan fingerprint density at radius 3 is 1.19 bits per heavy atom.